The summed E-state index contributed by atoms with van der Waals surface area (Å²) in [6.07, 6.45) is 0.221. The Hall–Kier alpha value is -1.88. The first-order valence-corrected chi connectivity index (χ1v) is 7.38. The van der Waals surface area contributed by atoms with E-state index in [1.54, 1.807) is 11.3 Å². The zero-order valence-corrected chi connectivity index (χ0v) is 12.7. The van der Waals surface area contributed by atoms with E-state index in [0.29, 0.717) is 0 Å². The summed E-state index contributed by atoms with van der Waals surface area (Å²) in [6.45, 7) is 5.00. The molecular weight excluding hydrogens is 272 g/mol. The molecule has 0 aliphatic rings. The van der Waals surface area contributed by atoms with Gasteiger partial charge in [-0.2, -0.15) is 0 Å². The van der Waals surface area contributed by atoms with Crippen molar-refractivity contribution in [2.45, 2.75) is 20.3 Å². The molecule has 0 amide bonds. The van der Waals surface area contributed by atoms with E-state index in [2.05, 4.69) is 40.6 Å². The molecule has 0 saturated heterocycles. The molecule has 0 aliphatic carbocycles. The highest BCUT2D eigenvalue weighted by Crippen LogP contribution is 2.30. The summed E-state index contributed by atoms with van der Waals surface area (Å²) in [4.78, 5) is 18.0. The fourth-order valence-corrected chi connectivity index (χ4v) is 2.90. The summed E-state index contributed by atoms with van der Waals surface area (Å²) in [5, 5.41) is 2.81. The summed E-state index contributed by atoms with van der Waals surface area (Å²) >= 11 is 1.55. The molecule has 0 aliphatic heterocycles. The van der Waals surface area contributed by atoms with Gasteiger partial charge in [-0.1, -0.05) is 18.2 Å². The largest absolute Gasteiger partial charge is 0.469 e. The molecule has 0 atom stereocenters. The van der Waals surface area contributed by atoms with E-state index in [1.165, 1.54) is 12.7 Å². The number of nitrogens with zero attached hydrogens (tertiary/aromatic N) is 2. The molecule has 1 aromatic heterocycles. The summed E-state index contributed by atoms with van der Waals surface area (Å²) in [5.74, 6) is -0.263. The molecule has 106 valence electrons. The fraction of sp³-hybridized carbons (Fsp3) is 0.333. The highest BCUT2D eigenvalue weighted by molar-refractivity contribution is 7.13. The number of carbonyl (C=O) groups is 1. The van der Waals surface area contributed by atoms with Crippen molar-refractivity contribution in [2.75, 3.05) is 18.6 Å². The Morgan fingerprint density at radius 1 is 1.40 bits per heavy atom. The summed E-state index contributed by atoms with van der Waals surface area (Å²) < 4.78 is 4.67. The predicted molar refractivity (Wildman–Crippen MR) is 81.7 cm³/mol. The molecule has 0 radical (unpaired) electrons. The van der Waals surface area contributed by atoms with E-state index in [0.717, 1.165) is 23.1 Å². The number of carbonyl (C=O) groups excluding carboxylic acids is 1. The lowest BCUT2D eigenvalue weighted by Gasteiger charge is -2.21. The number of esters is 1. The van der Waals surface area contributed by atoms with Gasteiger partial charge in [-0.3, -0.25) is 4.79 Å². The lowest BCUT2D eigenvalue weighted by Crippen LogP contribution is -2.17. The number of aromatic nitrogens is 1. The first kappa shape index (κ1) is 14.5. The molecule has 0 fully saturated rings. The highest BCUT2D eigenvalue weighted by Gasteiger charge is 2.14. The number of methoxy groups -OCH3 is 1. The van der Waals surface area contributed by atoms with Gasteiger partial charge < -0.3 is 9.64 Å². The standard InChI is InChI=1S/C15H18N2O2S/c1-4-17(13-8-6-5-7-11(13)2)15-16-12(10-20-15)9-14(18)19-3/h5-8,10H,4,9H2,1-3H3. The van der Waals surface area contributed by atoms with Crippen molar-refractivity contribution in [3.8, 4) is 0 Å². The van der Waals surface area contributed by atoms with Crippen molar-refractivity contribution >= 4 is 28.1 Å². The number of para-hydroxylation sites is 1. The van der Waals surface area contributed by atoms with E-state index >= 15 is 0 Å². The average molecular weight is 290 g/mol. The molecule has 0 spiro atoms. The molecule has 1 heterocycles. The van der Waals surface area contributed by atoms with Gasteiger partial charge in [0.2, 0.25) is 0 Å². The number of ether oxygens (including phenoxy) is 1. The van der Waals surface area contributed by atoms with Gasteiger partial charge in [0.25, 0.3) is 0 Å². The fourth-order valence-electron chi connectivity index (χ4n) is 2.00. The van der Waals surface area contributed by atoms with Gasteiger partial charge in [-0.15, -0.1) is 11.3 Å². The second-order valence-corrected chi connectivity index (χ2v) is 5.24. The number of hydrogen-bond donors (Lipinski definition) is 0. The number of thiazole rings is 1. The third-order valence-electron chi connectivity index (χ3n) is 3.05. The van der Waals surface area contributed by atoms with Crippen LogP contribution in [-0.4, -0.2) is 24.6 Å². The van der Waals surface area contributed by atoms with Gasteiger partial charge in [0.05, 0.1) is 19.2 Å². The van der Waals surface area contributed by atoms with Crippen LogP contribution in [0.25, 0.3) is 0 Å². The van der Waals surface area contributed by atoms with Crippen molar-refractivity contribution in [1.82, 2.24) is 4.98 Å². The molecule has 0 saturated carbocycles. The van der Waals surface area contributed by atoms with E-state index in [-0.39, 0.29) is 12.4 Å². The van der Waals surface area contributed by atoms with Gasteiger partial charge in [0.15, 0.2) is 5.13 Å². The minimum atomic E-state index is -0.263. The van der Waals surface area contributed by atoms with Crippen LogP contribution in [0, 0.1) is 6.92 Å². The van der Waals surface area contributed by atoms with Crippen molar-refractivity contribution in [3.63, 3.8) is 0 Å². The predicted octanol–water partition coefficient (Wildman–Crippen LogP) is 3.33. The molecule has 2 rings (SSSR count). The third-order valence-corrected chi connectivity index (χ3v) is 3.96. The van der Waals surface area contributed by atoms with Gasteiger partial charge in [0, 0.05) is 17.6 Å². The van der Waals surface area contributed by atoms with Crippen molar-refractivity contribution in [1.29, 1.82) is 0 Å². The number of hydrogen-bond acceptors (Lipinski definition) is 5. The molecular formula is C15H18N2O2S. The normalized spacial score (nSPS) is 10.3. The lowest BCUT2D eigenvalue weighted by atomic mass is 10.2. The molecule has 0 N–H and O–H groups in total. The summed E-state index contributed by atoms with van der Waals surface area (Å²) in [5.41, 5.74) is 3.11. The van der Waals surface area contributed by atoms with Crippen LogP contribution in [0.1, 0.15) is 18.2 Å². The van der Waals surface area contributed by atoms with Gasteiger partial charge in [-0.05, 0) is 25.5 Å². The van der Waals surface area contributed by atoms with Crippen molar-refractivity contribution in [3.05, 3.63) is 40.9 Å². The topological polar surface area (TPSA) is 42.4 Å². The Morgan fingerprint density at radius 2 is 2.15 bits per heavy atom. The number of benzene rings is 1. The van der Waals surface area contributed by atoms with Crippen LogP contribution < -0.4 is 4.90 Å². The number of rotatable bonds is 5. The third kappa shape index (κ3) is 3.17. The van der Waals surface area contributed by atoms with E-state index < -0.39 is 0 Å². The van der Waals surface area contributed by atoms with Crippen LogP contribution in [0.2, 0.25) is 0 Å². The van der Waals surface area contributed by atoms with Crippen LogP contribution in [0.5, 0.6) is 0 Å². The van der Waals surface area contributed by atoms with Crippen LogP contribution >= 0.6 is 11.3 Å². The Kier molecular flexibility index (Phi) is 4.74. The van der Waals surface area contributed by atoms with Crippen LogP contribution in [0.15, 0.2) is 29.6 Å². The zero-order valence-electron chi connectivity index (χ0n) is 11.9. The highest BCUT2D eigenvalue weighted by atomic mass is 32.1. The minimum Gasteiger partial charge on any atom is -0.469 e. The maximum Gasteiger partial charge on any atom is 0.311 e. The summed E-state index contributed by atoms with van der Waals surface area (Å²) in [7, 11) is 1.39. The van der Waals surface area contributed by atoms with E-state index in [1.807, 2.05) is 17.5 Å². The monoisotopic (exact) mass is 290 g/mol. The molecule has 4 nitrogen and oxygen atoms in total. The molecule has 1 aromatic carbocycles. The Bertz CT molecular complexity index is 595. The van der Waals surface area contributed by atoms with Crippen LogP contribution in [0.4, 0.5) is 10.8 Å². The number of aryl methyl sites for hydroxylation is 1. The lowest BCUT2D eigenvalue weighted by molar-refractivity contribution is -0.139. The van der Waals surface area contributed by atoms with Crippen molar-refractivity contribution in [2.24, 2.45) is 0 Å². The maximum absolute atomic E-state index is 11.3. The Morgan fingerprint density at radius 3 is 2.80 bits per heavy atom. The Labute approximate surface area is 123 Å². The quantitative estimate of drug-likeness (QED) is 0.792. The van der Waals surface area contributed by atoms with Gasteiger partial charge in [-0.25, -0.2) is 4.98 Å². The molecule has 2 aromatic rings. The molecule has 0 bridgehead atoms. The first-order valence-electron chi connectivity index (χ1n) is 6.50. The van der Waals surface area contributed by atoms with E-state index in [9.17, 15) is 4.79 Å². The first-order chi connectivity index (χ1) is 9.65. The molecule has 0 unspecified atom stereocenters. The molecule has 5 heteroatoms. The van der Waals surface area contributed by atoms with Crippen LogP contribution in [-0.2, 0) is 16.0 Å². The maximum atomic E-state index is 11.3. The minimum absolute atomic E-state index is 0.221. The zero-order chi connectivity index (χ0) is 14.5. The summed E-state index contributed by atoms with van der Waals surface area (Å²) in [6, 6.07) is 8.21. The SMILES string of the molecule is CCN(c1nc(CC(=O)OC)cs1)c1ccccc1C. The van der Waals surface area contributed by atoms with Crippen LogP contribution in [0.3, 0.4) is 0 Å². The Balaban J connectivity index is 2.25. The van der Waals surface area contributed by atoms with E-state index in [4.69, 9.17) is 0 Å². The number of anilines is 2. The second-order valence-electron chi connectivity index (χ2n) is 4.41. The smallest absolute Gasteiger partial charge is 0.311 e. The van der Waals surface area contributed by atoms with Crippen molar-refractivity contribution < 1.29 is 9.53 Å². The van der Waals surface area contributed by atoms with Gasteiger partial charge in [0.1, 0.15) is 0 Å². The van der Waals surface area contributed by atoms with Gasteiger partial charge >= 0.3 is 5.97 Å². The average Bonchev–Trinajstić information content (AvgIpc) is 2.90. The molecule has 20 heavy (non-hydrogen) atoms. The second kappa shape index (κ2) is 6.52.